The van der Waals surface area contributed by atoms with Crippen molar-refractivity contribution in [2.45, 2.75) is 107 Å². The van der Waals surface area contributed by atoms with E-state index in [1.807, 2.05) is 48.5 Å². The van der Waals surface area contributed by atoms with Crippen LogP contribution in [0.5, 0.6) is 0 Å². The Hall–Kier alpha value is -8.07. The Labute approximate surface area is 438 Å². The molecular weight excluding hydrogens is 989 g/mol. The number of carboxylic acid groups (broad SMARTS) is 1. The van der Waals surface area contributed by atoms with Crippen LogP contribution >= 0.6 is 12.6 Å². The van der Waals surface area contributed by atoms with Gasteiger partial charge in [0.15, 0.2) is 17.9 Å². The van der Waals surface area contributed by atoms with E-state index in [0.29, 0.717) is 24.0 Å². The first kappa shape index (κ1) is 57.8. The van der Waals surface area contributed by atoms with Gasteiger partial charge in [-0.1, -0.05) is 36.4 Å². The molecular formula is C48H70N18O8S. The van der Waals surface area contributed by atoms with Crippen molar-refractivity contribution in [2.75, 3.05) is 31.9 Å². The van der Waals surface area contributed by atoms with Crippen LogP contribution in [0.1, 0.15) is 62.5 Å². The quantitative estimate of drug-likeness (QED) is 0.0114. The van der Waals surface area contributed by atoms with Crippen molar-refractivity contribution in [1.82, 2.24) is 41.5 Å². The summed E-state index contributed by atoms with van der Waals surface area (Å²) in [6.07, 6.45) is 4.90. The number of nitrogens with zero attached hydrogens (tertiary/aromatic N) is 4. The van der Waals surface area contributed by atoms with Gasteiger partial charge in [-0.3, -0.25) is 43.7 Å². The molecule has 0 radical (unpaired) electrons. The number of nitrogens with one attached hydrogen (secondary N) is 7. The standard InChI is InChI=1S/C48H70N18O8S/c49-30(11-5-17-56-46(50)51)39(67)61-33(14-6-18-57-47(52)53)40(68)63-35(21-26-23-59-31-12-3-1-9-28(26)31)41(69)64-36(22-27-24-60-32-13-4-2-10-29(27)32)42(70)65-37(25-75)43(71)62-34(15-7-19-58-48(54)55)44(72)66-20-8-16-38(66)45(73)74/h1-4,9-10,12-13,23-24,30,33-38,59-60,75H,5-8,11,14-22,25,49H2,(H,61,67)(H,62,71)(H,63,68)(H,64,69)(H,65,70)(H,73,74)(H4,50,51,56)(H4,52,53,57)(H4,54,55,58)/t30-,33-,34-,35-,36-,37-,38-/m0/s1. The van der Waals surface area contributed by atoms with Crippen LogP contribution < -0.4 is 66.7 Å². The lowest BCUT2D eigenvalue weighted by molar-refractivity contribution is -0.149. The number of benzene rings is 2. The Kier molecular flexibility index (Phi) is 21.9. The summed E-state index contributed by atoms with van der Waals surface area (Å²) < 4.78 is 0. The molecule has 26 nitrogen and oxygen atoms in total. The summed E-state index contributed by atoms with van der Waals surface area (Å²) in [5, 5.41) is 25.1. The highest BCUT2D eigenvalue weighted by atomic mass is 32.1. The SMILES string of the molecule is NC(N)=NCCC[C@H](NC(=O)[C@@H](N)CCCN=C(N)N)C(=O)N[C@@H](Cc1c[nH]c2ccccc12)C(=O)N[C@@H](Cc1c[nH]c2ccccc12)C(=O)N[C@@H](CS)C(=O)N[C@@H](CCCN=C(N)N)C(=O)N1CCC[C@H]1C(=O)O. The predicted molar refractivity (Wildman–Crippen MR) is 288 cm³/mol. The van der Waals surface area contributed by atoms with Gasteiger partial charge in [-0.15, -0.1) is 0 Å². The molecule has 1 aliphatic rings. The lowest BCUT2D eigenvalue weighted by Crippen LogP contribution is -2.60. The van der Waals surface area contributed by atoms with Gasteiger partial charge in [0, 0.05) is 79.0 Å². The largest absolute Gasteiger partial charge is 0.480 e. The number of H-pyrrole nitrogens is 2. The lowest BCUT2D eigenvalue weighted by atomic mass is 10.0. The number of fused-ring (bicyclic) bond motifs is 2. The second-order valence-electron chi connectivity index (χ2n) is 18.1. The van der Waals surface area contributed by atoms with Crippen LogP contribution in [-0.4, -0.2) is 153 Å². The fraction of sp³-hybridized carbons (Fsp3) is 0.458. The molecule has 5 rings (SSSR count). The number of aromatic amines is 2. The van der Waals surface area contributed by atoms with E-state index in [-0.39, 0.29) is 101 Å². The van der Waals surface area contributed by atoms with Gasteiger partial charge in [-0.2, -0.15) is 12.6 Å². The number of hydrogen-bond acceptors (Lipinski definition) is 12. The summed E-state index contributed by atoms with van der Waals surface area (Å²) in [5.74, 6) is -6.38. The number of amides is 6. The average Bonchev–Trinajstić information content (AvgIpc) is 4.15. The number of aromatic nitrogens is 2. The summed E-state index contributed by atoms with van der Waals surface area (Å²) in [4.78, 5) is 117. The predicted octanol–water partition coefficient (Wildman–Crippen LogP) is -2.65. The van der Waals surface area contributed by atoms with Gasteiger partial charge >= 0.3 is 5.97 Å². The van der Waals surface area contributed by atoms with Crippen molar-refractivity contribution in [3.05, 3.63) is 72.1 Å². The first-order chi connectivity index (χ1) is 35.9. The van der Waals surface area contributed by atoms with Gasteiger partial charge in [-0.05, 0) is 74.6 Å². The molecule has 6 amide bonds. The molecule has 0 bridgehead atoms. The normalized spacial score (nSPS) is 15.5. The van der Waals surface area contributed by atoms with Crippen molar-refractivity contribution in [3.63, 3.8) is 0 Å². The maximum Gasteiger partial charge on any atom is 0.326 e. The highest BCUT2D eigenvalue weighted by molar-refractivity contribution is 7.80. The zero-order chi connectivity index (χ0) is 54.6. The van der Waals surface area contributed by atoms with Crippen molar-refractivity contribution >= 4 is 93.7 Å². The number of nitrogens with two attached hydrogens (primary N) is 7. The Morgan fingerprint density at radius 3 is 1.49 bits per heavy atom. The van der Waals surface area contributed by atoms with E-state index >= 15 is 0 Å². The fourth-order valence-electron chi connectivity index (χ4n) is 8.69. The number of carboxylic acids is 1. The molecule has 2 aromatic carbocycles. The molecule has 75 heavy (non-hydrogen) atoms. The minimum Gasteiger partial charge on any atom is -0.480 e. The van der Waals surface area contributed by atoms with Gasteiger partial charge in [0.25, 0.3) is 0 Å². The first-order valence-electron chi connectivity index (χ1n) is 24.5. The molecule has 0 unspecified atom stereocenters. The maximum atomic E-state index is 14.9. The summed E-state index contributed by atoms with van der Waals surface area (Å²) in [7, 11) is 0. The molecule has 2 aromatic heterocycles. The molecule has 3 heterocycles. The number of aliphatic carboxylic acids is 1. The number of para-hydroxylation sites is 2. The third-order valence-corrected chi connectivity index (χ3v) is 12.9. The Morgan fingerprint density at radius 1 is 0.600 bits per heavy atom. The van der Waals surface area contributed by atoms with Crippen molar-refractivity contribution in [2.24, 2.45) is 55.1 Å². The van der Waals surface area contributed by atoms with Gasteiger partial charge < -0.3 is 86.7 Å². The number of rotatable bonds is 29. The number of carbonyl (C=O) groups excluding carboxylic acids is 6. The van der Waals surface area contributed by atoms with E-state index in [2.05, 4.69) is 64.2 Å². The Bertz CT molecular complexity index is 2710. The lowest BCUT2D eigenvalue weighted by Gasteiger charge is -2.29. The number of guanidine groups is 3. The molecule has 1 aliphatic heterocycles. The number of likely N-dealkylation sites (tertiary alicyclic amines) is 1. The topological polar surface area (TPSA) is 454 Å². The summed E-state index contributed by atoms with van der Waals surface area (Å²) >= 11 is 4.38. The third kappa shape index (κ3) is 17.3. The summed E-state index contributed by atoms with van der Waals surface area (Å²) in [5.41, 5.74) is 41.9. The van der Waals surface area contributed by atoms with Crippen molar-refractivity contribution in [1.29, 1.82) is 0 Å². The Morgan fingerprint density at radius 2 is 1.01 bits per heavy atom. The molecule has 7 atom stereocenters. The minimum atomic E-state index is -1.40. The average molecular weight is 1060 g/mol. The highest BCUT2D eigenvalue weighted by Gasteiger charge is 2.39. The van der Waals surface area contributed by atoms with Gasteiger partial charge in [0.2, 0.25) is 35.4 Å². The van der Waals surface area contributed by atoms with E-state index in [0.717, 1.165) is 21.8 Å². The zero-order valence-corrected chi connectivity index (χ0v) is 42.4. The Balaban J connectivity index is 1.44. The molecule has 0 spiro atoms. The van der Waals surface area contributed by atoms with Gasteiger partial charge in [-0.25, -0.2) is 4.79 Å². The molecule has 0 aliphatic carbocycles. The highest BCUT2D eigenvalue weighted by Crippen LogP contribution is 2.23. The number of hydrogen-bond donors (Lipinski definition) is 16. The van der Waals surface area contributed by atoms with E-state index in [9.17, 15) is 38.7 Å². The van der Waals surface area contributed by atoms with E-state index in [4.69, 9.17) is 40.1 Å². The van der Waals surface area contributed by atoms with Crippen LogP contribution in [0.25, 0.3) is 21.8 Å². The number of carbonyl (C=O) groups is 7. The van der Waals surface area contributed by atoms with Crippen LogP contribution in [-0.2, 0) is 46.4 Å². The molecule has 1 fully saturated rings. The van der Waals surface area contributed by atoms with Crippen LogP contribution in [0.4, 0.5) is 0 Å². The second kappa shape index (κ2) is 28.4. The van der Waals surface area contributed by atoms with Crippen LogP contribution in [0, 0.1) is 0 Å². The second-order valence-corrected chi connectivity index (χ2v) is 18.5. The fourth-order valence-corrected chi connectivity index (χ4v) is 8.95. The van der Waals surface area contributed by atoms with E-state index in [1.54, 1.807) is 12.4 Å². The van der Waals surface area contributed by atoms with Crippen LogP contribution in [0.15, 0.2) is 75.9 Å². The van der Waals surface area contributed by atoms with E-state index in [1.165, 1.54) is 4.90 Å². The molecule has 1 saturated heterocycles. The zero-order valence-electron chi connectivity index (χ0n) is 41.5. The van der Waals surface area contributed by atoms with Crippen molar-refractivity contribution < 1.29 is 38.7 Å². The minimum absolute atomic E-state index is 0.0223. The van der Waals surface area contributed by atoms with E-state index < -0.39 is 83.7 Å². The number of thiol groups is 1. The molecule has 4 aromatic rings. The molecule has 406 valence electrons. The van der Waals surface area contributed by atoms with Gasteiger partial charge in [0.1, 0.15) is 36.3 Å². The maximum absolute atomic E-state index is 14.9. The van der Waals surface area contributed by atoms with Crippen LogP contribution in [0.3, 0.4) is 0 Å². The first-order valence-corrected chi connectivity index (χ1v) is 25.2. The molecule has 0 saturated carbocycles. The number of aliphatic imine (C=N–C) groups is 3. The van der Waals surface area contributed by atoms with Crippen LogP contribution in [0.2, 0.25) is 0 Å². The summed E-state index contributed by atoms with van der Waals surface area (Å²) in [6, 6.07) is 5.85. The molecule has 27 heteroatoms. The smallest absolute Gasteiger partial charge is 0.326 e. The monoisotopic (exact) mass is 1060 g/mol. The third-order valence-electron chi connectivity index (χ3n) is 12.5. The summed E-state index contributed by atoms with van der Waals surface area (Å²) in [6.45, 7) is 0.602. The van der Waals surface area contributed by atoms with Crippen molar-refractivity contribution in [3.8, 4) is 0 Å². The van der Waals surface area contributed by atoms with Gasteiger partial charge in [0.05, 0.1) is 6.04 Å². The molecule has 22 N–H and O–H groups in total.